The smallest absolute Gasteiger partial charge is 0.287 e. The van der Waals surface area contributed by atoms with E-state index in [0.717, 1.165) is 12.3 Å². The van der Waals surface area contributed by atoms with E-state index >= 15 is 0 Å². The largest absolute Gasteiger partial charge is 0.378 e. The molecule has 26 heavy (non-hydrogen) atoms. The number of nitrogens with zero attached hydrogens (tertiary/aromatic N) is 6. The van der Waals surface area contributed by atoms with Gasteiger partial charge < -0.3 is 9.64 Å². The summed E-state index contributed by atoms with van der Waals surface area (Å²) in [5.74, 6) is -2.37. The second kappa shape index (κ2) is 6.10. The molecular formula is C16H15ClF2N6O. The fraction of sp³-hybridized carbons (Fsp3) is 0.375. The van der Waals surface area contributed by atoms with E-state index in [4.69, 9.17) is 16.3 Å². The lowest BCUT2D eigenvalue weighted by atomic mass is 10.1. The molecule has 0 atom stereocenters. The maximum Gasteiger partial charge on any atom is 0.287 e. The molecule has 136 valence electrons. The van der Waals surface area contributed by atoms with Crippen molar-refractivity contribution in [3.63, 3.8) is 0 Å². The summed E-state index contributed by atoms with van der Waals surface area (Å²) in [5.41, 5.74) is 0.216. The van der Waals surface area contributed by atoms with Crippen molar-refractivity contribution in [1.82, 2.24) is 24.7 Å². The molecule has 0 N–H and O–H groups in total. The van der Waals surface area contributed by atoms with Crippen molar-refractivity contribution in [2.75, 3.05) is 25.1 Å². The predicted octanol–water partition coefficient (Wildman–Crippen LogP) is 2.81. The Labute approximate surface area is 152 Å². The maximum atomic E-state index is 13.6. The van der Waals surface area contributed by atoms with E-state index < -0.39 is 5.92 Å². The van der Waals surface area contributed by atoms with Crippen LogP contribution in [0.2, 0.25) is 5.15 Å². The summed E-state index contributed by atoms with van der Waals surface area (Å²) in [6.45, 7) is 2.15. The van der Waals surface area contributed by atoms with Crippen LogP contribution in [-0.4, -0.2) is 51.0 Å². The van der Waals surface area contributed by atoms with Gasteiger partial charge in [0.1, 0.15) is 10.8 Å². The first-order valence-electron chi connectivity index (χ1n) is 7.90. The zero-order chi connectivity index (χ0) is 18.5. The summed E-state index contributed by atoms with van der Waals surface area (Å²) in [5, 5.41) is 5.53. The summed E-state index contributed by atoms with van der Waals surface area (Å²) in [6.07, 6.45) is 3.03. The SMILES string of the molecule is COC1CN(c2nn(-c3nccc(C(C)(F)F)n3)c3cc(Cl)ncc23)C1. The minimum absolute atomic E-state index is 0.0476. The first-order chi connectivity index (χ1) is 12.4. The van der Waals surface area contributed by atoms with Gasteiger partial charge >= 0.3 is 0 Å². The molecule has 4 heterocycles. The summed E-state index contributed by atoms with van der Waals surface area (Å²) in [6, 6.07) is 2.80. The fourth-order valence-electron chi connectivity index (χ4n) is 2.81. The molecule has 0 bridgehead atoms. The third-order valence-corrected chi connectivity index (χ3v) is 4.48. The number of aromatic nitrogens is 5. The van der Waals surface area contributed by atoms with Crippen LogP contribution in [-0.2, 0) is 10.7 Å². The van der Waals surface area contributed by atoms with E-state index in [1.165, 1.54) is 16.9 Å². The first-order valence-corrected chi connectivity index (χ1v) is 8.28. The molecule has 1 aliphatic rings. The standard InChI is InChI=1S/C16H15ClF2N6O/c1-16(18,19)12-3-4-20-15(22-12)25-11-5-13(17)21-6-10(11)14(23-25)24-7-9(8-24)26-2/h3-6,9H,7-8H2,1-2H3. The van der Waals surface area contributed by atoms with Crippen molar-refractivity contribution in [1.29, 1.82) is 0 Å². The van der Waals surface area contributed by atoms with Crippen molar-refractivity contribution in [2.45, 2.75) is 19.0 Å². The van der Waals surface area contributed by atoms with Crippen LogP contribution in [0.3, 0.4) is 0 Å². The maximum absolute atomic E-state index is 13.6. The number of pyridine rings is 1. The zero-order valence-corrected chi connectivity index (χ0v) is 14.8. The number of anilines is 1. The Morgan fingerprint density at radius 1 is 1.31 bits per heavy atom. The molecule has 7 nitrogen and oxygen atoms in total. The molecule has 1 aliphatic heterocycles. The van der Waals surface area contributed by atoms with E-state index in [1.54, 1.807) is 19.4 Å². The third kappa shape index (κ3) is 2.86. The van der Waals surface area contributed by atoms with Gasteiger partial charge in [-0.3, -0.25) is 0 Å². The van der Waals surface area contributed by atoms with E-state index in [1.807, 2.05) is 4.90 Å². The Kier molecular flexibility index (Phi) is 4.00. The Hall–Kier alpha value is -2.39. The van der Waals surface area contributed by atoms with Crippen LogP contribution in [0.4, 0.5) is 14.6 Å². The molecule has 3 aromatic rings. The van der Waals surface area contributed by atoms with Crippen LogP contribution >= 0.6 is 11.6 Å². The molecule has 0 spiro atoms. The highest BCUT2D eigenvalue weighted by atomic mass is 35.5. The quantitative estimate of drug-likeness (QED) is 0.648. The Morgan fingerprint density at radius 3 is 2.77 bits per heavy atom. The number of rotatable bonds is 4. The summed E-state index contributed by atoms with van der Waals surface area (Å²) >= 11 is 6.02. The number of alkyl halides is 2. The van der Waals surface area contributed by atoms with Crippen molar-refractivity contribution in [3.8, 4) is 5.95 Å². The zero-order valence-electron chi connectivity index (χ0n) is 14.0. The monoisotopic (exact) mass is 380 g/mol. The third-order valence-electron chi connectivity index (χ3n) is 4.28. The van der Waals surface area contributed by atoms with E-state index in [2.05, 4.69) is 20.1 Å². The number of hydrogen-bond donors (Lipinski definition) is 0. The highest BCUT2D eigenvalue weighted by molar-refractivity contribution is 6.30. The van der Waals surface area contributed by atoms with Gasteiger partial charge in [0.15, 0.2) is 5.82 Å². The minimum Gasteiger partial charge on any atom is -0.378 e. The molecule has 0 aliphatic carbocycles. The van der Waals surface area contributed by atoms with Gasteiger partial charge in [0.05, 0.1) is 17.0 Å². The van der Waals surface area contributed by atoms with Crippen molar-refractivity contribution in [2.24, 2.45) is 0 Å². The lowest BCUT2D eigenvalue weighted by Gasteiger charge is -2.38. The Balaban J connectivity index is 1.84. The molecule has 0 amide bonds. The van der Waals surface area contributed by atoms with E-state index in [0.29, 0.717) is 24.4 Å². The molecule has 1 fully saturated rings. The van der Waals surface area contributed by atoms with Gasteiger partial charge in [0.2, 0.25) is 0 Å². The molecule has 1 saturated heterocycles. The molecule has 0 aromatic carbocycles. The summed E-state index contributed by atoms with van der Waals surface area (Å²) in [7, 11) is 1.66. The van der Waals surface area contributed by atoms with Crippen LogP contribution < -0.4 is 4.90 Å². The normalized spacial score (nSPS) is 15.5. The van der Waals surface area contributed by atoms with Crippen molar-refractivity contribution >= 4 is 28.3 Å². The van der Waals surface area contributed by atoms with Gasteiger partial charge in [-0.2, -0.15) is 13.5 Å². The first kappa shape index (κ1) is 17.0. The summed E-state index contributed by atoms with van der Waals surface area (Å²) < 4.78 is 34.0. The molecule has 0 unspecified atom stereocenters. The van der Waals surface area contributed by atoms with Gasteiger partial charge in [-0.15, -0.1) is 5.10 Å². The van der Waals surface area contributed by atoms with E-state index in [9.17, 15) is 8.78 Å². The summed E-state index contributed by atoms with van der Waals surface area (Å²) in [4.78, 5) is 14.2. The Bertz CT molecular complexity index is 967. The average molecular weight is 381 g/mol. The molecule has 0 saturated carbocycles. The second-order valence-electron chi connectivity index (χ2n) is 6.15. The number of ether oxygens (including phenoxy) is 1. The van der Waals surface area contributed by atoms with Crippen molar-refractivity contribution < 1.29 is 13.5 Å². The van der Waals surface area contributed by atoms with Gasteiger partial charge in [0.25, 0.3) is 11.9 Å². The Morgan fingerprint density at radius 2 is 2.08 bits per heavy atom. The predicted molar refractivity (Wildman–Crippen MR) is 92.0 cm³/mol. The topological polar surface area (TPSA) is 69.0 Å². The molecule has 4 rings (SSSR count). The van der Waals surface area contributed by atoms with Gasteiger partial charge in [-0.25, -0.2) is 15.0 Å². The minimum atomic E-state index is -3.08. The molecule has 0 radical (unpaired) electrons. The van der Waals surface area contributed by atoms with Crippen LogP contribution in [0.25, 0.3) is 16.9 Å². The number of halogens is 3. The highest BCUT2D eigenvalue weighted by Gasteiger charge is 2.31. The number of fused-ring (bicyclic) bond motifs is 1. The molecule has 3 aromatic heterocycles. The fourth-order valence-corrected chi connectivity index (χ4v) is 2.96. The lowest BCUT2D eigenvalue weighted by Crippen LogP contribution is -2.52. The number of methoxy groups -OCH3 is 1. The van der Waals surface area contributed by atoms with Crippen LogP contribution in [0.1, 0.15) is 12.6 Å². The van der Waals surface area contributed by atoms with Crippen LogP contribution in [0.5, 0.6) is 0 Å². The molecular weight excluding hydrogens is 366 g/mol. The second-order valence-corrected chi connectivity index (χ2v) is 6.54. The average Bonchev–Trinajstić information content (AvgIpc) is 2.92. The van der Waals surface area contributed by atoms with Crippen LogP contribution in [0, 0.1) is 0 Å². The lowest BCUT2D eigenvalue weighted by molar-refractivity contribution is 0.0126. The number of hydrogen-bond acceptors (Lipinski definition) is 6. The molecule has 10 heteroatoms. The van der Waals surface area contributed by atoms with Crippen LogP contribution in [0.15, 0.2) is 24.5 Å². The van der Waals surface area contributed by atoms with Gasteiger partial charge in [0, 0.05) is 45.6 Å². The van der Waals surface area contributed by atoms with Crippen molar-refractivity contribution in [3.05, 3.63) is 35.4 Å². The van der Waals surface area contributed by atoms with Gasteiger partial charge in [-0.05, 0) is 6.07 Å². The highest BCUT2D eigenvalue weighted by Crippen LogP contribution is 2.32. The van der Waals surface area contributed by atoms with E-state index in [-0.39, 0.29) is 22.9 Å². The van der Waals surface area contributed by atoms with Gasteiger partial charge in [-0.1, -0.05) is 11.6 Å².